The van der Waals surface area contributed by atoms with Gasteiger partial charge in [-0.25, -0.2) is 0 Å². The molecule has 0 heterocycles. The smallest absolute Gasteiger partial charge is 0.0716 e. The van der Waals surface area contributed by atoms with Gasteiger partial charge in [0, 0.05) is 12.7 Å². The van der Waals surface area contributed by atoms with E-state index in [9.17, 15) is 0 Å². The molecule has 12 heavy (non-hydrogen) atoms. The Balaban J connectivity index is 4.40. The lowest BCUT2D eigenvalue weighted by atomic mass is 9.96. The SMILES string of the molecule is [B]C/C(C=C)=C/C=C(\C=C)NC. The Labute approximate surface area is 76.0 Å². The van der Waals surface area contributed by atoms with Crippen LogP contribution in [-0.2, 0) is 0 Å². The van der Waals surface area contributed by atoms with Crippen LogP contribution in [0.3, 0.4) is 0 Å². The molecule has 0 unspecified atom stereocenters. The minimum atomic E-state index is 0.508. The van der Waals surface area contributed by atoms with Gasteiger partial charge in [-0.3, -0.25) is 0 Å². The summed E-state index contributed by atoms with van der Waals surface area (Å²) in [6.07, 6.45) is 7.83. The first-order chi connectivity index (χ1) is 5.78. The Morgan fingerprint density at radius 2 is 2.00 bits per heavy atom. The Morgan fingerprint density at radius 3 is 2.33 bits per heavy atom. The first-order valence-corrected chi connectivity index (χ1v) is 3.82. The van der Waals surface area contributed by atoms with Crippen LogP contribution >= 0.6 is 0 Å². The monoisotopic (exact) mass is 159 g/mol. The lowest BCUT2D eigenvalue weighted by Gasteiger charge is -1.98. The number of hydrogen-bond acceptors (Lipinski definition) is 1. The molecule has 0 spiro atoms. The van der Waals surface area contributed by atoms with Gasteiger partial charge in [-0.1, -0.05) is 37.2 Å². The summed E-state index contributed by atoms with van der Waals surface area (Å²) >= 11 is 0. The molecule has 0 aliphatic heterocycles. The number of likely N-dealkylation sites (N-methyl/N-ethyl adjacent to an activating group) is 1. The van der Waals surface area contributed by atoms with Crippen LogP contribution in [0.15, 0.2) is 48.7 Å². The third-order valence-corrected chi connectivity index (χ3v) is 1.48. The molecule has 0 aliphatic carbocycles. The van der Waals surface area contributed by atoms with Gasteiger partial charge in [-0.2, -0.15) is 0 Å². The highest BCUT2D eigenvalue weighted by Crippen LogP contribution is 2.01. The normalized spacial score (nSPS) is 12.4. The van der Waals surface area contributed by atoms with Crippen LogP contribution in [0.4, 0.5) is 0 Å². The van der Waals surface area contributed by atoms with Crippen LogP contribution in [0.5, 0.6) is 0 Å². The maximum absolute atomic E-state index is 5.44. The Morgan fingerprint density at radius 1 is 1.33 bits per heavy atom. The molecule has 0 fully saturated rings. The fraction of sp³-hybridized carbons (Fsp3) is 0.200. The van der Waals surface area contributed by atoms with Crippen molar-refractivity contribution in [2.24, 2.45) is 0 Å². The summed E-state index contributed by atoms with van der Waals surface area (Å²) in [6.45, 7) is 7.28. The Bertz CT molecular complexity index is 190. The Hall–Kier alpha value is -1.18. The van der Waals surface area contributed by atoms with E-state index in [2.05, 4.69) is 18.5 Å². The summed E-state index contributed by atoms with van der Waals surface area (Å²) in [5.74, 6) is 0. The van der Waals surface area contributed by atoms with Crippen molar-refractivity contribution in [3.8, 4) is 0 Å². The van der Waals surface area contributed by atoms with Crippen molar-refractivity contribution in [1.82, 2.24) is 5.32 Å². The molecule has 0 aliphatic rings. The third-order valence-electron chi connectivity index (χ3n) is 1.48. The van der Waals surface area contributed by atoms with E-state index in [1.807, 2.05) is 19.2 Å². The van der Waals surface area contributed by atoms with E-state index in [1.54, 1.807) is 12.2 Å². The van der Waals surface area contributed by atoms with Gasteiger partial charge >= 0.3 is 0 Å². The lowest BCUT2D eigenvalue weighted by Crippen LogP contribution is -2.01. The second-order valence-electron chi connectivity index (χ2n) is 2.23. The largest absolute Gasteiger partial charge is 0.388 e. The van der Waals surface area contributed by atoms with Crippen molar-refractivity contribution in [1.29, 1.82) is 0 Å². The predicted molar refractivity (Wildman–Crippen MR) is 56.2 cm³/mol. The van der Waals surface area contributed by atoms with Crippen molar-refractivity contribution in [2.45, 2.75) is 6.32 Å². The van der Waals surface area contributed by atoms with E-state index in [0.717, 1.165) is 11.3 Å². The van der Waals surface area contributed by atoms with E-state index in [-0.39, 0.29) is 0 Å². The van der Waals surface area contributed by atoms with Crippen LogP contribution in [-0.4, -0.2) is 14.9 Å². The van der Waals surface area contributed by atoms with Gasteiger partial charge in [0.2, 0.25) is 0 Å². The van der Waals surface area contributed by atoms with Crippen LogP contribution in [0, 0.1) is 0 Å². The molecule has 0 bridgehead atoms. The van der Waals surface area contributed by atoms with E-state index in [0.29, 0.717) is 6.32 Å². The Kier molecular flexibility index (Phi) is 5.89. The van der Waals surface area contributed by atoms with Gasteiger partial charge in [0.1, 0.15) is 0 Å². The zero-order chi connectivity index (χ0) is 9.40. The molecule has 0 aromatic heterocycles. The molecular formula is C10H14BN. The topological polar surface area (TPSA) is 12.0 Å². The van der Waals surface area contributed by atoms with Crippen LogP contribution in [0.2, 0.25) is 6.32 Å². The summed E-state index contributed by atoms with van der Waals surface area (Å²) in [5, 5.41) is 2.98. The minimum absolute atomic E-state index is 0.508. The van der Waals surface area contributed by atoms with E-state index < -0.39 is 0 Å². The number of allylic oxidation sites excluding steroid dienone is 5. The van der Waals surface area contributed by atoms with Gasteiger partial charge in [0.15, 0.2) is 0 Å². The summed E-state index contributed by atoms with van der Waals surface area (Å²) in [6, 6.07) is 0. The van der Waals surface area contributed by atoms with Crippen LogP contribution in [0.25, 0.3) is 0 Å². The summed E-state index contributed by atoms with van der Waals surface area (Å²) in [5.41, 5.74) is 1.97. The second-order valence-corrected chi connectivity index (χ2v) is 2.23. The first kappa shape index (κ1) is 10.8. The van der Waals surface area contributed by atoms with Crippen molar-refractivity contribution >= 4 is 7.85 Å². The van der Waals surface area contributed by atoms with Gasteiger partial charge in [-0.05, 0) is 12.2 Å². The fourth-order valence-electron chi connectivity index (χ4n) is 0.670. The molecule has 0 aromatic carbocycles. The molecule has 0 aromatic rings. The number of rotatable bonds is 5. The zero-order valence-corrected chi connectivity index (χ0v) is 7.51. The molecule has 2 heteroatoms. The standard InChI is InChI=1S/C10H14BN/c1-4-9(8-11)6-7-10(5-2)12-3/h4-7,12H,1-2,8H2,3H3/b9-6+,10-7+. The second kappa shape index (κ2) is 6.53. The van der Waals surface area contributed by atoms with Crippen molar-refractivity contribution in [3.05, 3.63) is 48.7 Å². The van der Waals surface area contributed by atoms with E-state index in [4.69, 9.17) is 7.85 Å². The zero-order valence-electron chi connectivity index (χ0n) is 7.51. The molecular weight excluding hydrogens is 145 g/mol. The van der Waals surface area contributed by atoms with Crippen molar-refractivity contribution < 1.29 is 0 Å². The van der Waals surface area contributed by atoms with Crippen LogP contribution in [0.1, 0.15) is 0 Å². The first-order valence-electron chi connectivity index (χ1n) is 3.82. The lowest BCUT2D eigenvalue weighted by molar-refractivity contribution is 1.03. The molecule has 1 N–H and O–H groups in total. The highest BCUT2D eigenvalue weighted by molar-refractivity contribution is 6.10. The average molecular weight is 159 g/mol. The molecule has 0 atom stereocenters. The highest BCUT2D eigenvalue weighted by Gasteiger charge is 1.84. The highest BCUT2D eigenvalue weighted by atomic mass is 14.8. The van der Waals surface area contributed by atoms with E-state index in [1.165, 1.54) is 0 Å². The predicted octanol–water partition coefficient (Wildman–Crippen LogP) is 1.97. The van der Waals surface area contributed by atoms with Gasteiger partial charge in [0.25, 0.3) is 0 Å². The van der Waals surface area contributed by atoms with E-state index >= 15 is 0 Å². The quantitative estimate of drug-likeness (QED) is 0.477. The fourth-order valence-corrected chi connectivity index (χ4v) is 0.670. The molecule has 0 saturated heterocycles. The molecule has 1 nitrogen and oxygen atoms in total. The van der Waals surface area contributed by atoms with Gasteiger partial charge in [0.05, 0.1) is 7.85 Å². The van der Waals surface area contributed by atoms with Crippen molar-refractivity contribution in [3.63, 3.8) is 0 Å². The summed E-state index contributed by atoms with van der Waals surface area (Å²) in [4.78, 5) is 0. The molecule has 0 rings (SSSR count). The summed E-state index contributed by atoms with van der Waals surface area (Å²) < 4.78 is 0. The third kappa shape index (κ3) is 3.86. The minimum Gasteiger partial charge on any atom is -0.388 e. The molecule has 0 amide bonds. The average Bonchev–Trinajstić information content (AvgIpc) is 2.13. The maximum atomic E-state index is 5.44. The van der Waals surface area contributed by atoms with Gasteiger partial charge in [-0.15, -0.1) is 0 Å². The molecule has 62 valence electrons. The van der Waals surface area contributed by atoms with Gasteiger partial charge < -0.3 is 5.32 Å². The maximum Gasteiger partial charge on any atom is 0.0716 e. The molecule has 2 radical (unpaired) electrons. The van der Waals surface area contributed by atoms with Crippen molar-refractivity contribution in [2.75, 3.05) is 7.05 Å². The number of hydrogen-bond donors (Lipinski definition) is 1. The number of nitrogens with one attached hydrogen (secondary N) is 1. The summed E-state index contributed by atoms with van der Waals surface area (Å²) in [7, 11) is 7.28. The molecule has 0 saturated carbocycles. The van der Waals surface area contributed by atoms with Crippen LogP contribution < -0.4 is 5.32 Å².